The molecule has 2 rings (SSSR count). The number of anilines is 2. The zero-order valence-electron chi connectivity index (χ0n) is 12.6. The molecule has 2 aromatic rings. The van der Waals surface area contributed by atoms with Gasteiger partial charge in [0.1, 0.15) is 0 Å². The summed E-state index contributed by atoms with van der Waals surface area (Å²) >= 11 is 1.49. The van der Waals surface area contributed by atoms with Crippen molar-refractivity contribution in [1.29, 1.82) is 0 Å². The molecule has 1 aromatic carbocycles. The lowest BCUT2D eigenvalue weighted by atomic mass is 10.2. The molecule has 0 bridgehead atoms. The van der Waals surface area contributed by atoms with Crippen LogP contribution in [0.1, 0.15) is 27.0 Å². The maximum Gasteiger partial charge on any atom is 0.265 e. The zero-order chi connectivity index (χ0) is 16.3. The number of amides is 1. The molecule has 1 amide bonds. The van der Waals surface area contributed by atoms with E-state index in [9.17, 15) is 13.2 Å². The SMILES string of the molecule is CCc1sc(C(=O)Nc2ccc(NS(C)(=O)=O)cc2)cc1C. The molecule has 0 saturated heterocycles. The van der Waals surface area contributed by atoms with Gasteiger partial charge in [-0.25, -0.2) is 8.42 Å². The first-order chi connectivity index (χ1) is 10.3. The molecule has 2 N–H and O–H groups in total. The van der Waals surface area contributed by atoms with E-state index in [-0.39, 0.29) is 5.91 Å². The second-order valence-electron chi connectivity index (χ2n) is 4.98. The smallest absolute Gasteiger partial charge is 0.265 e. The van der Waals surface area contributed by atoms with E-state index >= 15 is 0 Å². The normalized spacial score (nSPS) is 11.2. The minimum absolute atomic E-state index is 0.156. The van der Waals surface area contributed by atoms with E-state index in [1.807, 2.05) is 13.0 Å². The van der Waals surface area contributed by atoms with Gasteiger partial charge in [-0.15, -0.1) is 11.3 Å². The fraction of sp³-hybridized carbons (Fsp3) is 0.267. The number of sulfonamides is 1. The van der Waals surface area contributed by atoms with Crippen LogP contribution in [0.4, 0.5) is 11.4 Å². The first kappa shape index (κ1) is 16.5. The second kappa shape index (κ2) is 6.50. The molecule has 22 heavy (non-hydrogen) atoms. The van der Waals surface area contributed by atoms with E-state index < -0.39 is 10.0 Å². The van der Waals surface area contributed by atoms with E-state index in [1.54, 1.807) is 24.3 Å². The molecule has 0 atom stereocenters. The van der Waals surface area contributed by atoms with Crippen LogP contribution < -0.4 is 10.0 Å². The Morgan fingerprint density at radius 2 is 1.77 bits per heavy atom. The fourth-order valence-electron chi connectivity index (χ4n) is 2.01. The number of carbonyl (C=O) groups excluding carboxylic acids is 1. The van der Waals surface area contributed by atoms with Gasteiger partial charge in [0.2, 0.25) is 10.0 Å². The lowest BCUT2D eigenvalue weighted by Gasteiger charge is -2.06. The van der Waals surface area contributed by atoms with Crippen molar-refractivity contribution >= 4 is 38.6 Å². The monoisotopic (exact) mass is 338 g/mol. The number of carbonyl (C=O) groups is 1. The molecule has 0 unspecified atom stereocenters. The van der Waals surface area contributed by atoms with Crippen LogP contribution in [0.25, 0.3) is 0 Å². The van der Waals surface area contributed by atoms with Crippen molar-refractivity contribution in [3.63, 3.8) is 0 Å². The van der Waals surface area contributed by atoms with Crippen LogP contribution in [0.5, 0.6) is 0 Å². The Bertz CT molecular complexity index is 778. The van der Waals surface area contributed by atoms with Crippen molar-refractivity contribution in [3.05, 3.63) is 45.6 Å². The molecule has 0 spiro atoms. The molecule has 0 radical (unpaired) electrons. The zero-order valence-corrected chi connectivity index (χ0v) is 14.3. The largest absolute Gasteiger partial charge is 0.321 e. The first-order valence-corrected chi connectivity index (χ1v) is 9.48. The van der Waals surface area contributed by atoms with Gasteiger partial charge in [0.05, 0.1) is 11.1 Å². The minimum atomic E-state index is -3.30. The summed E-state index contributed by atoms with van der Waals surface area (Å²) in [5, 5.41) is 2.81. The van der Waals surface area contributed by atoms with Gasteiger partial charge < -0.3 is 5.32 Å². The molecule has 0 saturated carbocycles. The summed E-state index contributed by atoms with van der Waals surface area (Å²) < 4.78 is 24.6. The molecule has 7 heteroatoms. The van der Waals surface area contributed by atoms with Crippen molar-refractivity contribution in [2.75, 3.05) is 16.3 Å². The highest BCUT2D eigenvalue weighted by Crippen LogP contribution is 2.23. The number of thiophene rings is 1. The molecule has 118 valence electrons. The Kier molecular flexibility index (Phi) is 4.87. The van der Waals surface area contributed by atoms with Gasteiger partial charge in [-0.3, -0.25) is 9.52 Å². The van der Waals surface area contributed by atoms with Crippen LogP contribution in [0.2, 0.25) is 0 Å². The summed E-state index contributed by atoms with van der Waals surface area (Å²) in [6, 6.07) is 8.42. The second-order valence-corrected chi connectivity index (χ2v) is 7.86. The molecule has 0 aliphatic carbocycles. The summed E-state index contributed by atoms with van der Waals surface area (Å²) in [5.74, 6) is -0.156. The maximum absolute atomic E-state index is 12.2. The van der Waals surface area contributed by atoms with Crippen molar-refractivity contribution in [3.8, 4) is 0 Å². The molecule has 1 heterocycles. The Hall–Kier alpha value is -1.86. The lowest BCUT2D eigenvalue weighted by Crippen LogP contribution is -2.11. The average Bonchev–Trinajstić information content (AvgIpc) is 2.81. The third-order valence-corrected chi connectivity index (χ3v) is 5.00. The van der Waals surface area contributed by atoms with E-state index in [2.05, 4.69) is 17.0 Å². The Balaban J connectivity index is 2.08. The number of benzene rings is 1. The Morgan fingerprint density at radius 3 is 2.27 bits per heavy atom. The fourth-order valence-corrected chi connectivity index (χ4v) is 3.58. The number of hydrogen-bond acceptors (Lipinski definition) is 4. The van der Waals surface area contributed by atoms with Crippen molar-refractivity contribution in [2.24, 2.45) is 0 Å². The highest BCUT2D eigenvalue weighted by atomic mass is 32.2. The maximum atomic E-state index is 12.2. The molecular formula is C15H18N2O3S2. The molecule has 1 aromatic heterocycles. The summed E-state index contributed by atoms with van der Waals surface area (Å²) in [7, 11) is -3.30. The van der Waals surface area contributed by atoms with Crippen LogP contribution in [-0.2, 0) is 16.4 Å². The van der Waals surface area contributed by atoms with Gasteiger partial charge >= 0.3 is 0 Å². The van der Waals surface area contributed by atoms with Gasteiger partial charge in [0.25, 0.3) is 5.91 Å². The first-order valence-electron chi connectivity index (χ1n) is 6.77. The predicted molar refractivity (Wildman–Crippen MR) is 91.3 cm³/mol. The highest BCUT2D eigenvalue weighted by Gasteiger charge is 2.12. The molecule has 0 aliphatic rings. The number of rotatable bonds is 5. The standard InChI is InChI=1S/C15H18N2O3S2/c1-4-13-10(2)9-14(21-13)15(18)16-11-5-7-12(8-6-11)17-22(3,19)20/h5-9,17H,4H2,1-3H3,(H,16,18). The van der Waals surface area contributed by atoms with Crippen LogP contribution >= 0.6 is 11.3 Å². The molecule has 0 fully saturated rings. The summed E-state index contributed by atoms with van der Waals surface area (Å²) in [6.07, 6.45) is 2.00. The van der Waals surface area contributed by atoms with Crippen molar-refractivity contribution < 1.29 is 13.2 Å². The minimum Gasteiger partial charge on any atom is -0.321 e. The number of nitrogens with one attached hydrogen (secondary N) is 2. The third-order valence-electron chi connectivity index (χ3n) is 3.01. The molecular weight excluding hydrogens is 320 g/mol. The van der Waals surface area contributed by atoms with E-state index in [1.165, 1.54) is 16.2 Å². The van der Waals surface area contributed by atoms with Crippen LogP contribution in [0.15, 0.2) is 30.3 Å². The third kappa shape index (κ3) is 4.32. The topological polar surface area (TPSA) is 75.3 Å². The highest BCUT2D eigenvalue weighted by molar-refractivity contribution is 7.92. The van der Waals surface area contributed by atoms with Crippen molar-refractivity contribution in [1.82, 2.24) is 0 Å². The molecule has 0 aliphatic heterocycles. The number of hydrogen-bond donors (Lipinski definition) is 2. The quantitative estimate of drug-likeness (QED) is 0.879. The average molecular weight is 338 g/mol. The van der Waals surface area contributed by atoms with Gasteiger partial charge in [0.15, 0.2) is 0 Å². The van der Waals surface area contributed by atoms with E-state index in [0.717, 1.165) is 18.2 Å². The lowest BCUT2D eigenvalue weighted by molar-refractivity contribution is 0.103. The Labute approximate surface area is 134 Å². The van der Waals surface area contributed by atoms with Gasteiger partial charge in [-0.1, -0.05) is 6.92 Å². The van der Waals surface area contributed by atoms with Crippen LogP contribution in [0, 0.1) is 6.92 Å². The Morgan fingerprint density at radius 1 is 1.18 bits per heavy atom. The van der Waals surface area contributed by atoms with Crippen molar-refractivity contribution in [2.45, 2.75) is 20.3 Å². The van der Waals surface area contributed by atoms with Crippen LogP contribution in [0.3, 0.4) is 0 Å². The molecule has 5 nitrogen and oxygen atoms in total. The van der Waals surface area contributed by atoms with E-state index in [0.29, 0.717) is 16.3 Å². The predicted octanol–water partition coefficient (Wildman–Crippen LogP) is 3.24. The van der Waals surface area contributed by atoms with Gasteiger partial charge in [0, 0.05) is 16.3 Å². The summed E-state index contributed by atoms with van der Waals surface area (Å²) in [4.78, 5) is 14.1. The number of aryl methyl sites for hydroxylation is 2. The van der Waals surface area contributed by atoms with Crippen LogP contribution in [-0.4, -0.2) is 20.6 Å². The van der Waals surface area contributed by atoms with Gasteiger partial charge in [-0.2, -0.15) is 0 Å². The summed E-state index contributed by atoms with van der Waals surface area (Å²) in [5.41, 5.74) is 2.21. The van der Waals surface area contributed by atoms with Gasteiger partial charge in [-0.05, 0) is 49.2 Å². The van der Waals surface area contributed by atoms with E-state index in [4.69, 9.17) is 0 Å². The summed E-state index contributed by atoms with van der Waals surface area (Å²) in [6.45, 7) is 4.06.